The summed E-state index contributed by atoms with van der Waals surface area (Å²) >= 11 is 5.88. The van der Waals surface area contributed by atoms with Gasteiger partial charge < -0.3 is 9.84 Å². The van der Waals surface area contributed by atoms with Crippen molar-refractivity contribution in [2.75, 3.05) is 6.54 Å². The van der Waals surface area contributed by atoms with Gasteiger partial charge in [0.2, 0.25) is 0 Å². The van der Waals surface area contributed by atoms with E-state index < -0.39 is 5.60 Å². The molecule has 0 aliphatic carbocycles. The summed E-state index contributed by atoms with van der Waals surface area (Å²) in [6.45, 7) is 1.79. The highest BCUT2D eigenvalue weighted by molar-refractivity contribution is 6.30. The molecule has 1 unspecified atom stereocenters. The number of rotatable bonds is 6. The number of halogens is 1. The number of carbonyl (C=O) groups excluding carboxylic acids is 2. The molecule has 30 heavy (non-hydrogen) atoms. The second-order valence-electron chi connectivity index (χ2n) is 7.41. The minimum Gasteiger partial charge on any atom is -0.457 e. The second kappa shape index (κ2) is 7.94. The van der Waals surface area contributed by atoms with Crippen LogP contribution in [-0.2, 0) is 5.60 Å². The van der Waals surface area contributed by atoms with Crippen LogP contribution >= 0.6 is 11.6 Å². The van der Waals surface area contributed by atoms with E-state index in [-0.39, 0.29) is 24.8 Å². The van der Waals surface area contributed by atoms with E-state index in [9.17, 15) is 14.7 Å². The summed E-state index contributed by atoms with van der Waals surface area (Å²) < 4.78 is 5.77. The molecular formula is C24H20ClNO4. The Bertz CT molecular complexity index is 1060. The number of aliphatic hydroxyl groups is 1. The zero-order chi connectivity index (χ0) is 21.3. The summed E-state index contributed by atoms with van der Waals surface area (Å²) in [6, 6.07) is 20.9. The van der Waals surface area contributed by atoms with Crippen LogP contribution in [0.4, 0.5) is 0 Å². The van der Waals surface area contributed by atoms with Crippen LogP contribution in [0.25, 0.3) is 0 Å². The second-order valence-corrected chi connectivity index (χ2v) is 7.85. The molecule has 1 atom stereocenters. The van der Waals surface area contributed by atoms with E-state index in [1.807, 2.05) is 0 Å². The molecule has 3 aromatic carbocycles. The number of carbonyl (C=O) groups is 2. The number of hydrogen-bond donors (Lipinski definition) is 1. The monoisotopic (exact) mass is 421 g/mol. The van der Waals surface area contributed by atoms with Crippen LogP contribution < -0.4 is 4.74 Å². The first-order valence-corrected chi connectivity index (χ1v) is 9.94. The Balaban J connectivity index is 1.42. The van der Waals surface area contributed by atoms with Crippen LogP contribution in [0.15, 0.2) is 72.8 Å². The van der Waals surface area contributed by atoms with E-state index in [1.165, 1.54) is 4.90 Å². The summed E-state index contributed by atoms with van der Waals surface area (Å²) in [4.78, 5) is 26.2. The lowest BCUT2D eigenvalue weighted by atomic mass is 9.92. The summed E-state index contributed by atoms with van der Waals surface area (Å²) in [5.74, 6) is 0.637. The Kier molecular flexibility index (Phi) is 5.33. The molecule has 0 aromatic heterocycles. The Labute approximate surface area is 179 Å². The first kappa shape index (κ1) is 20.1. The lowest BCUT2D eigenvalue weighted by molar-refractivity contribution is 0.0339. The van der Waals surface area contributed by atoms with Gasteiger partial charge in [-0.2, -0.15) is 0 Å². The first-order chi connectivity index (χ1) is 14.3. The van der Waals surface area contributed by atoms with Crippen LogP contribution in [0, 0.1) is 0 Å². The van der Waals surface area contributed by atoms with E-state index >= 15 is 0 Å². The van der Waals surface area contributed by atoms with Crippen molar-refractivity contribution < 1.29 is 19.4 Å². The van der Waals surface area contributed by atoms with Crippen molar-refractivity contribution >= 4 is 23.4 Å². The fourth-order valence-electron chi connectivity index (χ4n) is 3.44. The third kappa shape index (κ3) is 3.95. The molecule has 0 saturated heterocycles. The molecule has 0 saturated carbocycles. The normalized spacial score (nSPS) is 15.1. The maximum Gasteiger partial charge on any atom is 0.261 e. The molecule has 1 N–H and O–H groups in total. The van der Waals surface area contributed by atoms with Gasteiger partial charge >= 0.3 is 0 Å². The Morgan fingerprint density at radius 1 is 0.867 bits per heavy atom. The molecule has 6 heteroatoms. The average molecular weight is 422 g/mol. The molecule has 2 amide bonds. The van der Waals surface area contributed by atoms with Crippen LogP contribution in [0.2, 0.25) is 5.02 Å². The van der Waals surface area contributed by atoms with E-state index in [0.717, 1.165) is 0 Å². The molecule has 3 aromatic rings. The number of fused-ring (bicyclic) bond motifs is 1. The van der Waals surface area contributed by atoms with Gasteiger partial charge in [-0.15, -0.1) is 0 Å². The molecule has 1 aliphatic rings. The Hall–Kier alpha value is -3.15. The predicted octanol–water partition coefficient (Wildman–Crippen LogP) is 5.03. The lowest BCUT2D eigenvalue weighted by Crippen LogP contribution is -2.35. The molecule has 0 spiro atoms. The van der Waals surface area contributed by atoms with Crippen molar-refractivity contribution in [2.24, 2.45) is 0 Å². The maximum absolute atomic E-state index is 12.5. The van der Waals surface area contributed by atoms with E-state index in [1.54, 1.807) is 79.7 Å². The topological polar surface area (TPSA) is 66.8 Å². The molecule has 4 rings (SSSR count). The van der Waals surface area contributed by atoms with Gasteiger partial charge in [0, 0.05) is 11.6 Å². The summed E-state index contributed by atoms with van der Waals surface area (Å²) in [7, 11) is 0. The van der Waals surface area contributed by atoms with Gasteiger partial charge in [0.05, 0.1) is 16.7 Å². The standard InChI is InChI=1S/C24H20ClNO4/c1-24(29,14-15-26-22(27)20-4-2-3-5-21(20)23(26)28)16-6-10-18(11-7-16)30-19-12-8-17(25)9-13-19/h2-13,29H,14-15H2,1H3. The van der Waals surface area contributed by atoms with Crippen LogP contribution in [0.1, 0.15) is 39.6 Å². The number of hydrogen-bond acceptors (Lipinski definition) is 4. The van der Waals surface area contributed by atoms with Crippen molar-refractivity contribution in [2.45, 2.75) is 18.9 Å². The molecule has 5 nitrogen and oxygen atoms in total. The van der Waals surface area contributed by atoms with Gasteiger partial charge in [-0.3, -0.25) is 14.5 Å². The van der Waals surface area contributed by atoms with Crippen molar-refractivity contribution in [1.82, 2.24) is 4.90 Å². The van der Waals surface area contributed by atoms with Crippen molar-refractivity contribution in [1.29, 1.82) is 0 Å². The van der Waals surface area contributed by atoms with Gasteiger partial charge in [-0.05, 0) is 67.4 Å². The minimum atomic E-state index is -1.21. The quantitative estimate of drug-likeness (QED) is 0.567. The third-order valence-corrected chi connectivity index (χ3v) is 5.48. The molecule has 0 radical (unpaired) electrons. The van der Waals surface area contributed by atoms with Gasteiger partial charge in [-0.1, -0.05) is 35.9 Å². The molecule has 1 heterocycles. The van der Waals surface area contributed by atoms with Crippen molar-refractivity contribution in [3.05, 3.63) is 94.5 Å². The smallest absolute Gasteiger partial charge is 0.261 e. The van der Waals surface area contributed by atoms with E-state index in [0.29, 0.717) is 33.2 Å². The fraction of sp³-hybridized carbons (Fsp3) is 0.167. The lowest BCUT2D eigenvalue weighted by Gasteiger charge is -2.26. The van der Waals surface area contributed by atoms with Crippen LogP contribution in [0.3, 0.4) is 0 Å². The van der Waals surface area contributed by atoms with E-state index in [4.69, 9.17) is 16.3 Å². The molecule has 0 bridgehead atoms. The molecule has 152 valence electrons. The highest BCUT2D eigenvalue weighted by atomic mass is 35.5. The van der Waals surface area contributed by atoms with Crippen molar-refractivity contribution in [3.63, 3.8) is 0 Å². The fourth-order valence-corrected chi connectivity index (χ4v) is 3.56. The van der Waals surface area contributed by atoms with Gasteiger partial charge in [0.1, 0.15) is 11.5 Å². The summed E-state index contributed by atoms with van der Waals surface area (Å²) in [5.41, 5.74) is 0.271. The molecule has 0 fully saturated rings. The zero-order valence-corrected chi connectivity index (χ0v) is 17.1. The molecular weight excluding hydrogens is 402 g/mol. The summed E-state index contributed by atoms with van der Waals surface area (Å²) in [6.07, 6.45) is 0.218. The number of imide groups is 1. The molecule has 1 aliphatic heterocycles. The first-order valence-electron chi connectivity index (χ1n) is 9.57. The van der Waals surface area contributed by atoms with Gasteiger partial charge in [-0.25, -0.2) is 0 Å². The average Bonchev–Trinajstić information content (AvgIpc) is 2.99. The zero-order valence-electron chi connectivity index (χ0n) is 16.3. The Morgan fingerprint density at radius 3 is 1.90 bits per heavy atom. The summed E-state index contributed by atoms with van der Waals surface area (Å²) in [5, 5.41) is 11.6. The highest BCUT2D eigenvalue weighted by Crippen LogP contribution is 2.30. The predicted molar refractivity (Wildman–Crippen MR) is 114 cm³/mol. The number of ether oxygens (including phenoxy) is 1. The van der Waals surface area contributed by atoms with Crippen molar-refractivity contribution in [3.8, 4) is 11.5 Å². The Morgan fingerprint density at radius 2 is 1.37 bits per heavy atom. The number of nitrogens with zero attached hydrogens (tertiary/aromatic N) is 1. The van der Waals surface area contributed by atoms with Crippen LogP contribution in [0.5, 0.6) is 11.5 Å². The van der Waals surface area contributed by atoms with Crippen LogP contribution in [-0.4, -0.2) is 28.4 Å². The third-order valence-electron chi connectivity index (χ3n) is 5.23. The minimum absolute atomic E-state index is 0.127. The highest BCUT2D eigenvalue weighted by Gasteiger charge is 2.36. The van der Waals surface area contributed by atoms with Gasteiger partial charge in [0.25, 0.3) is 11.8 Å². The van der Waals surface area contributed by atoms with E-state index in [2.05, 4.69) is 0 Å². The SMILES string of the molecule is CC(O)(CCN1C(=O)c2ccccc2C1=O)c1ccc(Oc2ccc(Cl)cc2)cc1. The number of benzene rings is 3. The maximum atomic E-state index is 12.5. The largest absolute Gasteiger partial charge is 0.457 e. The number of amides is 2. The van der Waals surface area contributed by atoms with Gasteiger partial charge in [0.15, 0.2) is 0 Å².